The number of nitrogens with one attached hydrogen (secondary N) is 1. The van der Waals surface area contributed by atoms with E-state index in [-0.39, 0.29) is 36.8 Å². The summed E-state index contributed by atoms with van der Waals surface area (Å²) < 4.78 is 57.9. The second-order valence-corrected chi connectivity index (χ2v) is 9.36. The fourth-order valence-electron chi connectivity index (χ4n) is 3.47. The van der Waals surface area contributed by atoms with Gasteiger partial charge in [-0.15, -0.1) is 0 Å². The Bertz CT molecular complexity index is 1090. The molecule has 1 N–H and O–H groups in total. The number of carbonyl (C=O) groups is 1. The van der Waals surface area contributed by atoms with Crippen LogP contribution in [0, 0.1) is 5.82 Å². The summed E-state index contributed by atoms with van der Waals surface area (Å²) in [5.41, 5.74) is 0.389. The van der Waals surface area contributed by atoms with E-state index in [1.165, 1.54) is 10.4 Å². The maximum atomic E-state index is 14.5. The minimum atomic E-state index is -3.86. The fraction of sp³-hybridized carbons (Fsp3) is 0.435. The molecule has 2 aromatic carbocycles. The summed E-state index contributed by atoms with van der Waals surface area (Å²) in [4.78, 5) is 12.7. The molecule has 3 rings (SSSR count). The van der Waals surface area contributed by atoms with Gasteiger partial charge in [0.15, 0.2) is 11.5 Å². The number of benzene rings is 2. The quantitative estimate of drug-likeness (QED) is 0.593. The van der Waals surface area contributed by atoms with Gasteiger partial charge in [-0.1, -0.05) is 6.07 Å². The van der Waals surface area contributed by atoms with Crippen LogP contribution in [-0.2, 0) is 14.8 Å². The van der Waals surface area contributed by atoms with Crippen LogP contribution in [0.2, 0.25) is 0 Å². The minimum absolute atomic E-state index is 0.136. The van der Waals surface area contributed by atoms with Gasteiger partial charge in [0.1, 0.15) is 5.82 Å². The van der Waals surface area contributed by atoms with Crippen molar-refractivity contribution < 1.29 is 31.8 Å². The van der Waals surface area contributed by atoms with Gasteiger partial charge >= 0.3 is 0 Å². The first-order valence-electron chi connectivity index (χ1n) is 10.9. The fourth-order valence-corrected chi connectivity index (χ4v) is 4.90. The first kappa shape index (κ1) is 24.9. The van der Waals surface area contributed by atoms with Crippen molar-refractivity contribution in [2.24, 2.45) is 0 Å². The Balaban J connectivity index is 1.81. The van der Waals surface area contributed by atoms with Crippen molar-refractivity contribution in [3.8, 4) is 11.5 Å². The van der Waals surface area contributed by atoms with Gasteiger partial charge in [0.2, 0.25) is 10.0 Å². The predicted molar refractivity (Wildman–Crippen MR) is 121 cm³/mol. The number of morpholine rings is 1. The van der Waals surface area contributed by atoms with E-state index < -0.39 is 27.8 Å². The van der Waals surface area contributed by atoms with Crippen molar-refractivity contribution in [2.75, 3.05) is 39.5 Å². The Morgan fingerprint density at radius 1 is 1.09 bits per heavy atom. The maximum absolute atomic E-state index is 14.5. The molecule has 1 saturated heterocycles. The number of rotatable bonds is 9. The highest BCUT2D eigenvalue weighted by Crippen LogP contribution is 2.31. The van der Waals surface area contributed by atoms with Gasteiger partial charge in [0, 0.05) is 13.1 Å². The monoisotopic (exact) mass is 480 g/mol. The van der Waals surface area contributed by atoms with Gasteiger partial charge in [-0.2, -0.15) is 4.31 Å². The van der Waals surface area contributed by atoms with Gasteiger partial charge in [0.05, 0.1) is 42.9 Å². The summed E-state index contributed by atoms with van der Waals surface area (Å²) in [6.45, 7) is 7.39. The summed E-state index contributed by atoms with van der Waals surface area (Å²) in [7, 11) is -3.86. The molecule has 180 valence electrons. The number of ether oxygens (including phenoxy) is 3. The van der Waals surface area contributed by atoms with Gasteiger partial charge in [-0.3, -0.25) is 4.79 Å². The van der Waals surface area contributed by atoms with E-state index in [0.29, 0.717) is 24.7 Å². The van der Waals surface area contributed by atoms with Crippen LogP contribution in [0.3, 0.4) is 0 Å². The molecule has 0 radical (unpaired) electrons. The predicted octanol–water partition coefficient (Wildman–Crippen LogP) is 3.14. The summed E-state index contributed by atoms with van der Waals surface area (Å²) >= 11 is 0. The van der Waals surface area contributed by atoms with Crippen molar-refractivity contribution in [3.05, 3.63) is 53.3 Å². The van der Waals surface area contributed by atoms with Gasteiger partial charge in [0.25, 0.3) is 5.91 Å². The van der Waals surface area contributed by atoms with Crippen molar-refractivity contribution in [2.45, 2.75) is 31.7 Å². The molecule has 2 aromatic rings. The first-order chi connectivity index (χ1) is 15.8. The molecule has 1 aliphatic heterocycles. The molecule has 1 unspecified atom stereocenters. The van der Waals surface area contributed by atoms with Crippen LogP contribution in [0.15, 0.2) is 41.3 Å². The summed E-state index contributed by atoms with van der Waals surface area (Å²) in [6, 6.07) is 8.04. The highest BCUT2D eigenvalue weighted by atomic mass is 32.2. The third-order valence-electron chi connectivity index (χ3n) is 5.21. The third-order valence-corrected chi connectivity index (χ3v) is 7.10. The molecular weight excluding hydrogens is 451 g/mol. The SMILES string of the molecule is CCOc1ccc(C(C)NC(=O)c2cc(S(=O)(=O)N3CCOCC3)ccc2F)cc1OCC. The lowest BCUT2D eigenvalue weighted by Crippen LogP contribution is -2.40. The largest absolute Gasteiger partial charge is 0.490 e. The Morgan fingerprint density at radius 3 is 2.42 bits per heavy atom. The summed E-state index contributed by atoms with van der Waals surface area (Å²) in [5.74, 6) is -0.385. The molecule has 1 aliphatic rings. The number of carbonyl (C=O) groups excluding carboxylic acids is 1. The average Bonchev–Trinajstić information content (AvgIpc) is 2.81. The summed E-state index contributed by atoms with van der Waals surface area (Å²) in [5, 5.41) is 2.73. The standard InChI is InChI=1S/C23H29FN2O6S/c1-4-31-21-9-6-17(14-22(21)32-5-2)16(3)25-23(27)19-15-18(7-8-20(19)24)33(28,29)26-10-12-30-13-11-26/h6-9,14-16H,4-5,10-13H2,1-3H3,(H,25,27). The van der Waals surface area contributed by atoms with Crippen LogP contribution >= 0.6 is 0 Å². The van der Waals surface area contributed by atoms with Crippen LogP contribution in [-0.4, -0.2) is 58.1 Å². The number of amides is 1. The Kier molecular flexibility index (Phi) is 8.28. The van der Waals surface area contributed by atoms with E-state index in [0.717, 1.165) is 17.7 Å². The number of hydrogen-bond acceptors (Lipinski definition) is 6. The van der Waals surface area contributed by atoms with Crippen molar-refractivity contribution in [3.63, 3.8) is 0 Å². The van der Waals surface area contributed by atoms with E-state index in [1.54, 1.807) is 25.1 Å². The normalized spacial score (nSPS) is 15.6. The zero-order valence-electron chi connectivity index (χ0n) is 19.0. The highest BCUT2D eigenvalue weighted by molar-refractivity contribution is 7.89. The maximum Gasteiger partial charge on any atom is 0.254 e. The Labute approximate surface area is 193 Å². The topological polar surface area (TPSA) is 94.2 Å². The number of halogens is 1. The molecule has 0 bridgehead atoms. The number of nitrogens with zero attached hydrogens (tertiary/aromatic N) is 1. The first-order valence-corrected chi connectivity index (χ1v) is 12.3. The van der Waals surface area contributed by atoms with E-state index in [1.807, 2.05) is 13.8 Å². The molecule has 1 heterocycles. The van der Waals surface area contributed by atoms with Crippen LogP contribution < -0.4 is 14.8 Å². The molecular formula is C23H29FN2O6S. The number of sulfonamides is 1. The van der Waals surface area contributed by atoms with Gasteiger partial charge in [-0.05, 0) is 56.7 Å². The van der Waals surface area contributed by atoms with E-state index >= 15 is 0 Å². The highest BCUT2D eigenvalue weighted by Gasteiger charge is 2.28. The molecule has 10 heteroatoms. The second-order valence-electron chi connectivity index (χ2n) is 7.43. The van der Waals surface area contributed by atoms with Crippen molar-refractivity contribution >= 4 is 15.9 Å². The number of hydrogen-bond donors (Lipinski definition) is 1. The molecule has 0 aromatic heterocycles. The molecule has 1 amide bonds. The average molecular weight is 481 g/mol. The Hall–Kier alpha value is -2.69. The van der Waals surface area contributed by atoms with Crippen LogP contribution in [0.5, 0.6) is 11.5 Å². The van der Waals surface area contributed by atoms with Crippen LogP contribution in [0.4, 0.5) is 4.39 Å². The van der Waals surface area contributed by atoms with Crippen LogP contribution in [0.25, 0.3) is 0 Å². The zero-order chi connectivity index (χ0) is 24.0. The Morgan fingerprint density at radius 2 is 1.76 bits per heavy atom. The van der Waals surface area contributed by atoms with Gasteiger partial charge < -0.3 is 19.5 Å². The minimum Gasteiger partial charge on any atom is -0.490 e. The lowest BCUT2D eigenvalue weighted by Gasteiger charge is -2.26. The molecule has 0 aliphatic carbocycles. The molecule has 0 spiro atoms. The molecule has 1 fully saturated rings. The molecule has 0 saturated carbocycles. The van der Waals surface area contributed by atoms with E-state index in [4.69, 9.17) is 14.2 Å². The lowest BCUT2D eigenvalue weighted by atomic mass is 10.1. The molecule has 1 atom stereocenters. The lowest BCUT2D eigenvalue weighted by molar-refractivity contribution is 0.0730. The third kappa shape index (κ3) is 5.82. The molecule has 8 nitrogen and oxygen atoms in total. The summed E-state index contributed by atoms with van der Waals surface area (Å²) in [6.07, 6.45) is 0. The second kappa shape index (κ2) is 11.0. The molecule has 33 heavy (non-hydrogen) atoms. The van der Waals surface area contributed by atoms with Crippen molar-refractivity contribution in [1.29, 1.82) is 0 Å². The zero-order valence-corrected chi connectivity index (χ0v) is 19.8. The smallest absolute Gasteiger partial charge is 0.254 e. The van der Waals surface area contributed by atoms with E-state index in [2.05, 4.69) is 5.32 Å². The van der Waals surface area contributed by atoms with Gasteiger partial charge in [-0.25, -0.2) is 12.8 Å². The van der Waals surface area contributed by atoms with Crippen molar-refractivity contribution in [1.82, 2.24) is 9.62 Å². The van der Waals surface area contributed by atoms with E-state index in [9.17, 15) is 17.6 Å². The van der Waals surface area contributed by atoms with Crippen LogP contribution in [0.1, 0.15) is 42.7 Å².